The highest BCUT2D eigenvalue weighted by atomic mass is 16.5. The molecule has 0 saturated heterocycles. The Morgan fingerprint density at radius 3 is 2.93 bits per heavy atom. The molecule has 5 heteroatoms. The van der Waals surface area contributed by atoms with Crippen LogP contribution in [0.25, 0.3) is 0 Å². The second-order valence-electron chi connectivity index (χ2n) is 3.51. The van der Waals surface area contributed by atoms with Gasteiger partial charge in [0.2, 0.25) is 5.89 Å². The predicted octanol–water partition coefficient (Wildman–Crippen LogP) is 1.02. The van der Waals surface area contributed by atoms with Gasteiger partial charge in [-0.2, -0.15) is 0 Å². The number of hydrogen-bond acceptors (Lipinski definition) is 5. The minimum absolute atomic E-state index is 0.0803. The fourth-order valence-corrected chi connectivity index (χ4v) is 1.06. The van der Waals surface area contributed by atoms with Gasteiger partial charge in [0.25, 0.3) is 0 Å². The summed E-state index contributed by atoms with van der Waals surface area (Å²) in [5.74, 6) is 1.06. The third-order valence-corrected chi connectivity index (χ3v) is 1.58. The van der Waals surface area contributed by atoms with Crippen molar-refractivity contribution in [2.75, 3.05) is 6.54 Å². The summed E-state index contributed by atoms with van der Waals surface area (Å²) in [7, 11) is 0. The van der Waals surface area contributed by atoms with Crippen molar-refractivity contribution in [3.8, 4) is 0 Å². The maximum absolute atomic E-state index is 11.1. The SMILES string of the molecule is Cc1cnc(CNCC(=O)OC(C)C)o1. The van der Waals surface area contributed by atoms with E-state index in [1.807, 2.05) is 20.8 Å². The second kappa shape index (κ2) is 5.50. The van der Waals surface area contributed by atoms with E-state index in [1.165, 1.54) is 0 Å². The minimum atomic E-state index is -0.270. The van der Waals surface area contributed by atoms with Crippen molar-refractivity contribution in [3.05, 3.63) is 17.8 Å². The number of nitrogens with one attached hydrogen (secondary N) is 1. The summed E-state index contributed by atoms with van der Waals surface area (Å²) < 4.78 is 10.2. The lowest BCUT2D eigenvalue weighted by molar-refractivity contribution is -0.146. The van der Waals surface area contributed by atoms with Crippen molar-refractivity contribution >= 4 is 5.97 Å². The highest BCUT2D eigenvalue weighted by Gasteiger charge is 2.05. The lowest BCUT2D eigenvalue weighted by atomic mass is 10.5. The highest BCUT2D eigenvalue weighted by Crippen LogP contribution is 2.00. The second-order valence-corrected chi connectivity index (χ2v) is 3.51. The molecule has 0 fully saturated rings. The van der Waals surface area contributed by atoms with E-state index in [2.05, 4.69) is 10.3 Å². The first-order valence-electron chi connectivity index (χ1n) is 4.89. The summed E-state index contributed by atoms with van der Waals surface area (Å²) in [5, 5.41) is 2.89. The first-order chi connectivity index (χ1) is 7.08. The van der Waals surface area contributed by atoms with Gasteiger partial charge in [0.1, 0.15) is 5.76 Å². The van der Waals surface area contributed by atoms with Gasteiger partial charge < -0.3 is 9.15 Å². The molecule has 0 aromatic carbocycles. The van der Waals surface area contributed by atoms with Gasteiger partial charge in [-0.1, -0.05) is 0 Å². The Balaban J connectivity index is 2.19. The Kier molecular flexibility index (Phi) is 4.30. The molecule has 0 radical (unpaired) electrons. The molecule has 1 aromatic heterocycles. The number of ether oxygens (including phenoxy) is 1. The molecule has 0 spiro atoms. The molecule has 1 heterocycles. The average Bonchev–Trinajstić information content (AvgIpc) is 2.50. The van der Waals surface area contributed by atoms with Crippen molar-refractivity contribution in [1.82, 2.24) is 10.3 Å². The topological polar surface area (TPSA) is 64.4 Å². The molecule has 0 amide bonds. The van der Waals surface area contributed by atoms with Crippen LogP contribution in [0, 0.1) is 6.92 Å². The number of aromatic nitrogens is 1. The zero-order valence-electron chi connectivity index (χ0n) is 9.24. The number of rotatable bonds is 5. The van der Waals surface area contributed by atoms with Crippen LogP contribution in [0.2, 0.25) is 0 Å². The molecule has 0 unspecified atom stereocenters. The summed E-state index contributed by atoms with van der Waals surface area (Å²) in [5.41, 5.74) is 0. The van der Waals surface area contributed by atoms with Gasteiger partial charge in [0, 0.05) is 0 Å². The lowest BCUT2D eigenvalue weighted by Crippen LogP contribution is -2.26. The molecule has 1 N–H and O–H groups in total. The van der Waals surface area contributed by atoms with E-state index in [4.69, 9.17) is 9.15 Å². The summed E-state index contributed by atoms with van der Waals surface area (Å²) >= 11 is 0. The van der Waals surface area contributed by atoms with Crippen LogP contribution in [0.5, 0.6) is 0 Å². The first kappa shape index (κ1) is 11.7. The number of carbonyl (C=O) groups excluding carboxylic acids is 1. The minimum Gasteiger partial charge on any atom is -0.462 e. The van der Waals surface area contributed by atoms with Crippen molar-refractivity contribution in [2.45, 2.75) is 33.4 Å². The van der Waals surface area contributed by atoms with Gasteiger partial charge in [-0.15, -0.1) is 0 Å². The van der Waals surface area contributed by atoms with Crippen LogP contribution >= 0.6 is 0 Å². The zero-order chi connectivity index (χ0) is 11.3. The molecule has 0 bridgehead atoms. The fourth-order valence-electron chi connectivity index (χ4n) is 1.06. The molecule has 0 atom stereocenters. The molecule has 1 aromatic rings. The molecule has 0 saturated carbocycles. The monoisotopic (exact) mass is 212 g/mol. The van der Waals surface area contributed by atoms with Crippen LogP contribution in [0.3, 0.4) is 0 Å². The number of esters is 1. The average molecular weight is 212 g/mol. The van der Waals surface area contributed by atoms with Crippen LogP contribution in [-0.4, -0.2) is 23.6 Å². The molecular formula is C10H16N2O3. The van der Waals surface area contributed by atoms with Crippen molar-refractivity contribution in [1.29, 1.82) is 0 Å². The van der Waals surface area contributed by atoms with Gasteiger partial charge in [0.15, 0.2) is 0 Å². The van der Waals surface area contributed by atoms with Crippen molar-refractivity contribution < 1.29 is 13.9 Å². The van der Waals surface area contributed by atoms with E-state index in [-0.39, 0.29) is 18.6 Å². The van der Waals surface area contributed by atoms with Crippen LogP contribution < -0.4 is 5.32 Å². The highest BCUT2D eigenvalue weighted by molar-refractivity contribution is 5.71. The lowest BCUT2D eigenvalue weighted by Gasteiger charge is -2.07. The number of aryl methyl sites for hydroxylation is 1. The summed E-state index contributed by atoms with van der Waals surface area (Å²) in [4.78, 5) is 15.1. The normalized spacial score (nSPS) is 10.7. The third kappa shape index (κ3) is 4.60. The van der Waals surface area contributed by atoms with E-state index >= 15 is 0 Å². The molecule has 15 heavy (non-hydrogen) atoms. The van der Waals surface area contributed by atoms with Crippen molar-refractivity contribution in [2.24, 2.45) is 0 Å². The van der Waals surface area contributed by atoms with Crippen LogP contribution in [0.1, 0.15) is 25.5 Å². The number of hydrogen-bond donors (Lipinski definition) is 1. The maximum atomic E-state index is 11.1. The molecular weight excluding hydrogens is 196 g/mol. The predicted molar refractivity (Wildman–Crippen MR) is 54.2 cm³/mol. The molecule has 84 valence electrons. The standard InChI is InChI=1S/C10H16N2O3/c1-7(2)14-10(13)6-11-5-9-12-4-8(3)15-9/h4,7,11H,5-6H2,1-3H3. The first-order valence-corrected chi connectivity index (χ1v) is 4.89. The molecule has 0 aliphatic heterocycles. The summed E-state index contributed by atoms with van der Waals surface area (Å²) in [6.45, 7) is 6.05. The van der Waals surface area contributed by atoms with Gasteiger partial charge in [-0.05, 0) is 20.8 Å². The smallest absolute Gasteiger partial charge is 0.320 e. The zero-order valence-corrected chi connectivity index (χ0v) is 9.24. The Hall–Kier alpha value is -1.36. The van der Waals surface area contributed by atoms with Crippen LogP contribution in [0.4, 0.5) is 0 Å². The molecule has 1 rings (SSSR count). The largest absolute Gasteiger partial charge is 0.462 e. The number of carbonyl (C=O) groups is 1. The number of oxazole rings is 1. The Labute approximate surface area is 88.8 Å². The maximum Gasteiger partial charge on any atom is 0.320 e. The van der Waals surface area contributed by atoms with E-state index < -0.39 is 0 Å². The summed E-state index contributed by atoms with van der Waals surface area (Å²) in [6.07, 6.45) is 1.56. The van der Waals surface area contributed by atoms with E-state index in [0.29, 0.717) is 12.4 Å². The Morgan fingerprint density at radius 2 is 2.40 bits per heavy atom. The Bertz CT molecular complexity index is 320. The van der Waals surface area contributed by atoms with Crippen LogP contribution in [0.15, 0.2) is 10.6 Å². The van der Waals surface area contributed by atoms with E-state index in [9.17, 15) is 4.79 Å². The molecule has 5 nitrogen and oxygen atoms in total. The summed E-state index contributed by atoms with van der Waals surface area (Å²) in [6, 6.07) is 0. The van der Waals surface area contributed by atoms with Gasteiger partial charge in [-0.3, -0.25) is 10.1 Å². The third-order valence-electron chi connectivity index (χ3n) is 1.58. The van der Waals surface area contributed by atoms with Gasteiger partial charge in [0.05, 0.1) is 25.4 Å². The van der Waals surface area contributed by atoms with Gasteiger partial charge >= 0.3 is 5.97 Å². The van der Waals surface area contributed by atoms with E-state index in [0.717, 1.165) is 5.76 Å². The van der Waals surface area contributed by atoms with Crippen LogP contribution in [-0.2, 0) is 16.1 Å². The fraction of sp³-hybridized carbons (Fsp3) is 0.600. The molecule has 0 aliphatic rings. The van der Waals surface area contributed by atoms with E-state index in [1.54, 1.807) is 6.20 Å². The quantitative estimate of drug-likeness (QED) is 0.738. The Morgan fingerprint density at radius 1 is 1.67 bits per heavy atom. The number of nitrogens with zero attached hydrogens (tertiary/aromatic N) is 1. The van der Waals surface area contributed by atoms with Gasteiger partial charge in [-0.25, -0.2) is 4.98 Å². The van der Waals surface area contributed by atoms with Crippen molar-refractivity contribution in [3.63, 3.8) is 0 Å². The molecule has 0 aliphatic carbocycles.